The fourth-order valence-corrected chi connectivity index (χ4v) is 2.03. The molecular weight excluding hydrogens is 260 g/mol. The van der Waals surface area contributed by atoms with Gasteiger partial charge in [0.15, 0.2) is 5.75 Å². The van der Waals surface area contributed by atoms with E-state index >= 15 is 0 Å². The Hall–Kier alpha value is -1.98. The fraction of sp³-hybridized carbons (Fsp3) is 0.571. The number of rotatable bonds is 8. The molecule has 6 heteroatoms. The van der Waals surface area contributed by atoms with Gasteiger partial charge in [0.1, 0.15) is 5.75 Å². The molecule has 0 bridgehead atoms. The highest BCUT2D eigenvalue weighted by molar-refractivity contribution is 5.68. The standard InChI is InChI=1S/C14H22N2O4/c1-5-15(6-2)11-9-14(20-8-4)12(16(17)18)10-13(11)19-7-3/h9-10H,5-8H2,1-4H3. The van der Waals surface area contributed by atoms with Gasteiger partial charge in [-0.3, -0.25) is 10.1 Å². The average Bonchev–Trinajstić information content (AvgIpc) is 2.42. The summed E-state index contributed by atoms with van der Waals surface area (Å²) < 4.78 is 10.9. The predicted octanol–water partition coefficient (Wildman–Crippen LogP) is 3.24. The van der Waals surface area contributed by atoms with Crippen LogP contribution in [-0.4, -0.2) is 31.2 Å². The van der Waals surface area contributed by atoms with Gasteiger partial charge in [-0.1, -0.05) is 0 Å². The van der Waals surface area contributed by atoms with Gasteiger partial charge in [-0.05, 0) is 27.7 Å². The Morgan fingerprint density at radius 3 is 2.05 bits per heavy atom. The fourth-order valence-electron chi connectivity index (χ4n) is 2.03. The monoisotopic (exact) mass is 282 g/mol. The van der Waals surface area contributed by atoms with E-state index in [1.807, 2.05) is 20.8 Å². The Morgan fingerprint density at radius 1 is 1.05 bits per heavy atom. The summed E-state index contributed by atoms with van der Waals surface area (Å²) in [7, 11) is 0. The Balaban J connectivity index is 3.39. The van der Waals surface area contributed by atoms with Crippen LogP contribution >= 0.6 is 0 Å². The van der Waals surface area contributed by atoms with E-state index < -0.39 is 4.92 Å². The quantitative estimate of drug-likeness (QED) is 0.541. The zero-order valence-electron chi connectivity index (χ0n) is 12.5. The first-order chi connectivity index (χ1) is 9.58. The maximum Gasteiger partial charge on any atom is 0.314 e. The molecule has 112 valence electrons. The summed E-state index contributed by atoms with van der Waals surface area (Å²) in [6.45, 7) is 10.1. The van der Waals surface area contributed by atoms with E-state index in [2.05, 4.69) is 4.90 Å². The summed E-state index contributed by atoms with van der Waals surface area (Å²) in [5.74, 6) is 0.800. The van der Waals surface area contributed by atoms with Crippen molar-refractivity contribution in [3.05, 3.63) is 22.2 Å². The SMILES string of the molecule is CCOc1cc([N+](=O)[O-])c(OCC)cc1N(CC)CC. The minimum absolute atomic E-state index is 0.0637. The molecule has 0 amide bonds. The van der Waals surface area contributed by atoms with Gasteiger partial charge >= 0.3 is 5.69 Å². The minimum atomic E-state index is -0.445. The van der Waals surface area contributed by atoms with Crippen molar-refractivity contribution in [1.29, 1.82) is 0 Å². The number of hydrogen-bond donors (Lipinski definition) is 0. The molecule has 0 radical (unpaired) electrons. The van der Waals surface area contributed by atoms with E-state index in [4.69, 9.17) is 9.47 Å². The van der Waals surface area contributed by atoms with Crippen LogP contribution in [0.15, 0.2) is 12.1 Å². The molecule has 0 heterocycles. The van der Waals surface area contributed by atoms with Crippen LogP contribution in [-0.2, 0) is 0 Å². The van der Waals surface area contributed by atoms with E-state index in [0.29, 0.717) is 19.0 Å². The lowest BCUT2D eigenvalue weighted by Crippen LogP contribution is -2.22. The molecule has 0 spiro atoms. The van der Waals surface area contributed by atoms with Crippen LogP contribution in [0, 0.1) is 10.1 Å². The molecule has 0 atom stereocenters. The van der Waals surface area contributed by atoms with Crippen molar-refractivity contribution in [2.75, 3.05) is 31.2 Å². The summed E-state index contributed by atoms with van der Waals surface area (Å²) >= 11 is 0. The summed E-state index contributed by atoms with van der Waals surface area (Å²) in [4.78, 5) is 12.8. The van der Waals surface area contributed by atoms with Crippen LogP contribution in [0.2, 0.25) is 0 Å². The molecule has 0 N–H and O–H groups in total. The molecule has 1 rings (SSSR count). The zero-order chi connectivity index (χ0) is 15.1. The second kappa shape index (κ2) is 7.57. The van der Waals surface area contributed by atoms with Crippen molar-refractivity contribution in [2.45, 2.75) is 27.7 Å². The Kier molecular flexibility index (Phi) is 6.09. The predicted molar refractivity (Wildman–Crippen MR) is 79.0 cm³/mol. The van der Waals surface area contributed by atoms with Crippen molar-refractivity contribution in [3.63, 3.8) is 0 Å². The molecule has 0 aliphatic carbocycles. The van der Waals surface area contributed by atoms with E-state index in [0.717, 1.165) is 18.8 Å². The van der Waals surface area contributed by atoms with Crippen LogP contribution < -0.4 is 14.4 Å². The summed E-state index contributed by atoms with van der Waals surface area (Å²) in [5, 5.41) is 11.1. The van der Waals surface area contributed by atoms with Gasteiger partial charge in [0.05, 0.1) is 29.9 Å². The van der Waals surface area contributed by atoms with Crippen LogP contribution in [0.25, 0.3) is 0 Å². The molecule has 1 aromatic rings. The van der Waals surface area contributed by atoms with Gasteiger partial charge in [0, 0.05) is 19.2 Å². The van der Waals surface area contributed by atoms with Gasteiger partial charge in [-0.25, -0.2) is 0 Å². The zero-order valence-corrected chi connectivity index (χ0v) is 12.5. The van der Waals surface area contributed by atoms with Gasteiger partial charge in [-0.2, -0.15) is 0 Å². The Morgan fingerprint density at radius 2 is 1.60 bits per heavy atom. The molecular formula is C14H22N2O4. The molecule has 0 fully saturated rings. The topological polar surface area (TPSA) is 64.8 Å². The highest BCUT2D eigenvalue weighted by Gasteiger charge is 2.22. The van der Waals surface area contributed by atoms with Crippen LogP contribution in [0.5, 0.6) is 11.5 Å². The number of benzene rings is 1. The lowest BCUT2D eigenvalue weighted by Gasteiger charge is -2.24. The molecule has 0 aromatic heterocycles. The summed E-state index contributed by atoms with van der Waals surface area (Å²) in [6.07, 6.45) is 0. The van der Waals surface area contributed by atoms with Crippen molar-refractivity contribution in [2.24, 2.45) is 0 Å². The van der Waals surface area contributed by atoms with Gasteiger partial charge in [0.2, 0.25) is 0 Å². The molecule has 6 nitrogen and oxygen atoms in total. The smallest absolute Gasteiger partial charge is 0.314 e. The lowest BCUT2D eigenvalue weighted by atomic mass is 10.2. The normalized spacial score (nSPS) is 10.2. The van der Waals surface area contributed by atoms with Crippen molar-refractivity contribution in [3.8, 4) is 11.5 Å². The molecule has 0 unspecified atom stereocenters. The first-order valence-corrected chi connectivity index (χ1v) is 6.91. The third kappa shape index (κ3) is 3.53. The van der Waals surface area contributed by atoms with Crippen molar-refractivity contribution in [1.82, 2.24) is 0 Å². The van der Waals surface area contributed by atoms with Crippen LogP contribution in [0.4, 0.5) is 11.4 Å². The molecule has 0 saturated carbocycles. The first-order valence-electron chi connectivity index (χ1n) is 6.91. The number of anilines is 1. The highest BCUT2D eigenvalue weighted by Crippen LogP contribution is 2.39. The minimum Gasteiger partial charge on any atom is -0.491 e. The van der Waals surface area contributed by atoms with E-state index in [1.165, 1.54) is 6.07 Å². The van der Waals surface area contributed by atoms with Gasteiger partial charge in [-0.15, -0.1) is 0 Å². The second-order valence-corrected chi connectivity index (χ2v) is 4.08. The highest BCUT2D eigenvalue weighted by atomic mass is 16.6. The second-order valence-electron chi connectivity index (χ2n) is 4.08. The van der Waals surface area contributed by atoms with E-state index in [-0.39, 0.29) is 11.4 Å². The number of ether oxygens (including phenoxy) is 2. The molecule has 1 aromatic carbocycles. The van der Waals surface area contributed by atoms with Crippen LogP contribution in [0.1, 0.15) is 27.7 Å². The van der Waals surface area contributed by atoms with Crippen molar-refractivity contribution < 1.29 is 14.4 Å². The van der Waals surface area contributed by atoms with E-state index in [9.17, 15) is 10.1 Å². The largest absolute Gasteiger partial charge is 0.491 e. The van der Waals surface area contributed by atoms with Gasteiger partial charge in [0.25, 0.3) is 0 Å². The molecule has 0 saturated heterocycles. The maximum atomic E-state index is 11.1. The average molecular weight is 282 g/mol. The Bertz CT molecular complexity index is 459. The Labute approximate surface area is 119 Å². The summed E-state index contributed by atoms with van der Waals surface area (Å²) in [5.41, 5.74) is 0.761. The van der Waals surface area contributed by atoms with Crippen LogP contribution in [0.3, 0.4) is 0 Å². The van der Waals surface area contributed by atoms with Crippen molar-refractivity contribution >= 4 is 11.4 Å². The molecule has 0 aliphatic heterocycles. The molecule has 20 heavy (non-hydrogen) atoms. The molecule has 0 aliphatic rings. The summed E-state index contributed by atoms with van der Waals surface area (Å²) in [6, 6.07) is 3.14. The third-order valence-corrected chi connectivity index (χ3v) is 2.94. The lowest BCUT2D eigenvalue weighted by molar-refractivity contribution is -0.385. The third-order valence-electron chi connectivity index (χ3n) is 2.94. The number of hydrogen-bond acceptors (Lipinski definition) is 5. The number of nitro benzene ring substituents is 1. The van der Waals surface area contributed by atoms with E-state index in [1.54, 1.807) is 13.0 Å². The van der Waals surface area contributed by atoms with Gasteiger partial charge < -0.3 is 14.4 Å². The number of nitro groups is 1. The maximum absolute atomic E-state index is 11.1. The number of nitrogens with zero attached hydrogens (tertiary/aromatic N) is 2. The first kappa shape index (κ1) is 16.1.